The van der Waals surface area contributed by atoms with Crippen LogP contribution in [0.4, 0.5) is 5.69 Å². The largest absolute Gasteiger partial charge is 0.389 e. The number of aryl methyl sites for hydroxylation is 2. The minimum atomic E-state index is 0.135. The van der Waals surface area contributed by atoms with E-state index in [1.54, 1.807) is 0 Å². The predicted molar refractivity (Wildman–Crippen MR) is 88.5 cm³/mol. The van der Waals surface area contributed by atoms with Crippen LogP contribution < -0.4 is 16.4 Å². The normalized spacial score (nSPS) is 13.8. The van der Waals surface area contributed by atoms with Gasteiger partial charge in [0.2, 0.25) is 5.91 Å². The Kier molecular flexibility index (Phi) is 5.12. The van der Waals surface area contributed by atoms with Crippen LogP contribution >= 0.6 is 12.2 Å². The number of amides is 1. The summed E-state index contributed by atoms with van der Waals surface area (Å²) in [5.41, 5.74) is 9.20. The number of pyridine rings is 1. The number of carbonyl (C=O) groups is 1. The van der Waals surface area contributed by atoms with E-state index in [9.17, 15) is 4.79 Å². The van der Waals surface area contributed by atoms with Crippen LogP contribution in [0.15, 0.2) is 6.07 Å². The summed E-state index contributed by atoms with van der Waals surface area (Å²) in [4.78, 5) is 16.3. The van der Waals surface area contributed by atoms with Crippen molar-refractivity contribution >= 4 is 28.8 Å². The maximum atomic E-state index is 11.6. The standard InChI is InChI=1S/C15H22N4OS/c1-9-8-12(14(15(16)21)10(2)18-9)17-7-3-4-13(20)19-11-5-6-11/h8,11H,3-7H2,1-2H3,(H2,16,21)(H,17,18)(H,19,20). The van der Waals surface area contributed by atoms with Crippen LogP contribution in [0.2, 0.25) is 0 Å². The molecule has 1 aromatic heterocycles. The highest BCUT2D eigenvalue weighted by Gasteiger charge is 2.22. The van der Waals surface area contributed by atoms with Crippen molar-refractivity contribution in [2.75, 3.05) is 11.9 Å². The fourth-order valence-corrected chi connectivity index (χ4v) is 2.54. The molecule has 0 saturated heterocycles. The van der Waals surface area contributed by atoms with Crippen molar-refractivity contribution in [3.8, 4) is 0 Å². The monoisotopic (exact) mass is 306 g/mol. The third kappa shape index (κ3) is 4.67. The molecular weight excluding hydrogens is 284 g/mol. The second-order valence-electron chi connectivity index (χ2n) is 5.51. The lowest BCUT2D eigenvalue weighted by molar-refractivity contribution is -0.121. The summed E-state index contributed by atoms with van der Waals surface area (Å²) in [6.45, 7) is 4.54. The summed E-state index contributed by atoms with van der Waals surface area (Å²) in [5.74, 6) is 0.135. The van der Waals surface area contributed by atoms with Crippen molar-refractivity contribution in [2.24, 2.45) is 5.73 Å². The Morgan fingerprint density at radius 2 is 2.19 bits per heavy atom. The lowest BCUT2D eigenvalue weighted by atomic mass is 10.1. The third-order valence-electron chi connectivity index (χ3n) is 3.41. The lowest BCUT2D eigenvalue weighted by Crippen LogP contribution is -2.25. The molecular formula is C15H22N4OS. The summed E-state index contributed by atoms with van der Waals surface area (Å²) in [7, 11) is 0. The van der Waals surface area contributed by atoms with Gasteiger partial charge < -0.3 is 16.4 Å². The molecule has 1 fully saturated rings. The molecule has 0 aromatic carbocycles. The van der Waals surface area contributed by atoms with Crippen LogP contribution in [0.5, 0.6) is 0 Å². The fourth-order valence-electron chi connectivity index (χ4n) is 2.28. The van der Waals surface area contributed by atoms with E-state index in [4.69, 9.17) is 18.0 Å². The van der Waals surface area contributed by atoms with E-state index in [1.807, 2.05) is 19.9 Å². The van der Waals surface area contributed by atoms with Gasteiger partial charge >= 0.3 is 0 Å². The zero-order chi connectivity index (χ0) is 15.4. The summed E-state index contributed by atoms with van der Waals surface area (Å²) in [5, 5.41) is 6.30. The van der Waals surface area contributed by atoms with Gasteiger partial charge in [-0.2, -0.15) is 0 Å². The van der Waals surface area contributed by atoms with Gasteiger partial charge in [-0.25, -0.2) is 0 Å². The first-order chi connectivity index (χ1) is 9.97. The van der Waals surface area contributed by atoms with Crippen LogP contribution in [0.25, 0.3) is 0 Å². The highest BCUT2D eigenvalue weighted by molar-refractivity contribution is 7.80. The Bertz CT molecular complexity index is 555. The highest BCUT2D eigenvalue weighted by atomic mass is 32.1. The molecule has 1 aromatic rings. The number of thiocarbonyl (C=S) groups is 1. The molecule has 2 rings (SSSR count). The van der Waals surface area contributed by atoms with E-state index >= 15 is 0 Å². The molecule has 21 heavy (non-hydrogen) atoms. The minimum Gasteiger partial charge on any atom is -0.389 e. The van der Waals surface area contributed by atoms with E-state index < -0.39 is 0 Å². The van der Waals surface area contributed by atoms with E-state index in [0.717, 1.165) is 41.9 Å². The van der Waals surface area contributed by atoms with Crippen molar-refractivity contribution in [3.05, 3.63) is 23.0 Å². The number of carbonyl (C=O) groups excluding carboxylic acids is 1. The van der Waals surface area contributed by atoms with Gasteiger partial charge in [0.1, 0.15) is 4.99 Å². The summed E-state index contributed by atoms with van der Waals surface area (Å²) < 4.78 is 0. The minimum absolute atomic E-state index is 0.135. The number of anilines is 1. The van der Waals surface area contributed by atoms with Crippen molar-refractivity contribution in [2.45, 2.75) is 45.6 Å². The third-order valence-corrected chi connectivity index (χ3v) is 3.62. The molecule has 0 bridgehead atoms. The van der Waals surface area contributed by atoms with Crippen LogP contribution in [0.1, 0.15) is 42.6 Å². The Morgan fingerprint density at radius 1 is 1.48 bits per heavy atom. The number of aromatic nitrogens is 1. The number of nitrogens with zero attached hydrogens (tertiary/aromatic N) is 1. The molecule has 4 N–H and O–H groups in total. The van der Waals surface area contributed by atoms with Crippen molar-refractivity contribution < 1.29 is 4.79 Å². The Balaban J connectivity index is 1.87. The summed E-state index contributed by atoms with van der Waals surface area (Å²) >= 11 is 5.09. The number of hydrogen-bond acceptors (Lipinski definition) is 4. The first-order valence-electron chi connectivity index (χ1n) is 7.28. The summed E-state index contributed by atoms with van der Waals surface area (Å²) in [6.07, 6.45) is 3.55. The molecule has 1 amide bonds. The zero-order valence-corrected chi connectivity index (χ0v) is 13.3. The van der Waals surface area contributed by atoms with Gasteiger partial charge in [-0.05, 0) is 39.2 Å². The molecule has 1 heterocycles. The van der Waals surface area contributed by atoms with Crippen LogP contribution in [0.3, 0.4) is 0 Å². The van der Waals surface area contributed by atoms with Crippen molar-refractivity contribution in [1.82, 2.24) is 10.3 Å². The first kappa shape index (κ1) is 15.7. The molecule has 6 heteroatoms. The SMILES string of the molecule is Cc1cc(NCCCC(=O)NC2CC2)c(C(N)=S)c(C)n1. The molecule has 1 saturated carbocycles. The second-order valence-corrected chi connectivity index (χ2v) is 5.95. The number of hydrogen-bond donors (Lipinski definition) is 3. The van der Waals surface area contributed by atoms with Gasteiger partial charge in [-0.1, -0.05) is 12.2 Å². The van der Waals surface area contributed by atoms with E-state index in [1.165, 1.54) is 0 Å². The number of nitrogens with two attached hydrogens (primary N) is 1. The van der Waals surface area contributed by atoms with Crippen LogP contribution in [0, 0.1) is 13.8 Å². The van der Waals surface area contributed by atoms with Gasteiger partial charge in [0, 0.05) is 36.1 Å². The molecule has 0 aliphatic heterocycles. The quantitative estimate of drug-likeness (QED) is 0.529. The van der Waals surface area contributed by atoms with Crippen LogP contribution in [-0.4, -0.2) is 28.5 Å². The van der Waals surface area contributed by atoms with E-state index in [0.29, 0.717) is 24.0 Å². The summed E-state index contributed by atoms with van der Waals surface area (Å²) in [6, 6.07) is 2.36. The van der Waals surface area contributed by atoms with Crippen molar-refractivity contribution in [1.29, 1.82) is 0 Å². The zero-order valence-electron chi connectivity index (χ0n) is 12.5. The molecule has 1 aliphatic carbocycles. The molecule has 0 spiro atoms. The average Bonchev–Trinajstić information content (AvgIpc) is 3.17. The van der Waals surface area contributed by atoms with Gasteiger partial charge in [0.05, 0.1) is 5.56 Å². The van der Waals surface area contributed by atoms with Gasteiger partial charge in [0.15, 0.2) is 0 Å². The number of nitrogens with one attached hydrogen (secondary N) is 2. The first-order valence-corrected chi connectivity index (χ1v) is 7.69. The second kappa shape index (κ2) is 6.85. The van der Waals surface area contributed by atoms with E-state index in [2.05, 4.69) is 15.6 Å². The van der Waals surface area contributed by atoms with E-state index in [-0.39, 0.29) is 5.91 Å². The Morgan fingerprint density at radius 3 is 2.81 bits per heavy atom. The number of rotatable bonds is 7. The molecule has 114 valence electrons. The fraction of sp³-hybridized carbons (Fsp3) is 0.533. The molecule has 0 radical (unpaired) electrons. The molecule has 1 aliphatic rings. The Labute approximate surface area is 130 Å². The maximum absolute atomic E-state index is 11.6. The maximum Gasteiger partial charge on any atom is 0.220 e. The highest BCUT2D eigenvalue weighted by Crippen LogP contribution is 2.20. The van der Waals surface area contributed by atoms with Gasteiger partial charge in [-0.15, -0.1) is 0 Å². The molecule has 0 atom stereocenters. The van der Waals surface area contributed by atoms with Crippen molar-refractivity contribution in [3.63, 3.8) is 0 Å². The predicted octanol–water partition coefficient (Wildman–Crippen LogP) is 1.80. The Hall–Kier alpha value is -1.69. The molecule has 0 unspecified atom stereocenters. The van der Waals surface area contributed by atoms with Gasteiger partial charge in [-0.3, -0.25) is 9.78 Å². The lowest BCUT2D eigenvalue weighted by Gasteiger charge is -2.14. The average molecular weight is 306 g/mol. The topological polar surface area (TPSA) is 80.0 Å². The van der Waals surface area contributed by atoms with Gasteiger partial charge in [0.25, 0.3) is 0 Å². The smallest absolute Gasteiger partial charge is 0.220 e. The van der Waals surface area contributed by atoms with Crippen LogP contribution in [-0.2, 0) is 4.79 Å². The molecule has 5 nitrogen and oxygen atoms in total.